The molecule has 0 fully saturated rings. The topological polar surface area (TPSA) is 42.9 Å². The molecule has 0 radical (unpaired) electrons. The van der Waals surface area contributed by atoms with Gasteiger partial charge < -0.3 is 0 Å². The van der Waals surface area contributed by atoms with Crippen molar-refractivity contribution in [3.63, 3.8) is 0 Å². The summed E-state index contributed by atoms with van der Waals surface area (Å²) < 4.78 is 0. The summed E-state index contributed by atoms with van der Waals surface area (Å²) in [5.41, 5.74) is 3.30. The summed E-state index contributed by atoms with van der Waals surface area (Å²) in [4.78, 5) is 19.7. The fraction of sp³-hybridized carbons (Fsp3) is 0.214. The van der Waals surface area contributed by atoms with Crippen molar-refractivity contribution in [1.29, 1.82) is 0 Å². The maximum atomic E-state index is 12.0. The fourth-order valence-electron chi connectivity index (χ4n) is 2.33. The first kappa shape index (κ1) is 10.1. The second-order valence-electron chi connectivity index (χ2n) is 4.35. The van der Waals surface area contributed by atoms with Crippen LogP contribution in [0, 0.1) is 0 Å². The van der Waals surface area contributed by atoms with Gasteiger partial charge in [-0.15, -0.1) is 0 Å². The third-order valence-electron chi connectivity index (χ3n) is 3.28. The molecule has 1 aliphatic rings. The van der Waals surface area contributed by atoms with Crippen molar-refractivity contribution in [2.45, 2.75) is 18.8 Å². The Morgan fingerprint density at radius 2 is 2.00 bits per heavy atom. The molecule has 0 saturated heterocycles. The van der Waals surface area contributed by atoms with E-state index in [1.807, 2.05) is 12.1 Å². The van der Waals surface area contributed by atoms with Crippen LogP contribution in [0.1, 0.15) is 33.8 Å². The standard InChI is InChI=1S/C14H12N2O/c17-14(12-7-15-9-16-8-12)6-11-5-10-3-1-2-4-13(10)11/h1-4,7-9,11H,5-6H2. The first-order chi connectivity index (χ1) is 8.34. The normalized spacial score (nSPS) is 17.1. The van der Waals surface area contributed by atoms with Gasteiger partial charge in [-0.3, -0.25) is 4.79 Å². The van der Waals surface area contributed by atoms with Crippen LogP contribution in [0.5, 0.6) is 0 Å². The van der Waals surface area contributed by atoms with E-state index in [1.54, 1.807) is 12.4 Å². The number of hydrogen-bond acceptors (Lipinski definition) is 3. The number of nitrogens with zero attached hydrogens (tertiary/aromatic N) is 2. The van der Waals surface area contributed by atoms with Crippen molar-refractivity contribution in [1.82, 2.24) is 9.97 Å². The molecule has 0 amide bonds. The van der Waals surface area contributed by atoms with Crippen LogP contribution in [0.3, 0.4) is 0 Å². The summed E-state index contributed by atoms with van der Waals surface area (Å²) in [5.74, 6) is 0.504. The van der Waals surface area contributed by atoms with Crippen LogP contribution in [0.2, 0.25) is 0 Å². The van der Waals surface area contributed by atoms with Crippen molar-refractivity contribution in [2.75, 3.05) is 0 Å². The Morgan fingerprint density at radius 1 is 1.24 bits per heavy atom. The Morgan fingerprint density at radius 3 is 2.76 bits per heavy atom. The molecule has 1 atom stereocenters. The first-order valence-corrected chi connectivity index (χ1v) is 5.70. The summed E-state index contributed by atoms with van der Waals surface area (Å²) in [6, 6.07) is 8.31. The minimum atomic E-state index is 0.130. The van der Waals surface area contributed by atoms with Crippen LogP contribution in [0.4, 0.5) is 0 Å². The Kier molecular flexibility index (Phi) is 2.44. The van der Waals surface area contributed by atoms with E-state index in [0.29, 0.717) is 17.9 Å². The van der Waals surface area contributed by atoms with Crippen molar-refractivity contribution < 1.29 is 4.79 Å². The van der Waals surface area contributed by atoms with Gasteiger partial charge in [0.2, 0.25) is 0 Å². The highest BCUT2D eigenvalue weighted by molar-refractivity contribution is 5.96. The minimum absolute atomic E-state index is 0.130. The van der Waals surface area contributed by atoms with Gasteiger partial charge in [-0.1, -0.05) is 24.3 Å². The van der Waals surface area contributed by atoms with Crippen molar-refractivity contribution in [2.24, 2.45) is 0 Å². The van der Waals surface area contributed by atoms with Gasteiger partial charge in [-0.05, 0) is 23.5 Å². The summed E-state index contributed by atoms with van der Waals surface area (Å²) in [7, 11) is 0. The van der Waals surface area contributed by atoms with E-state index in [2.05, 4.69) is 22.1 Å². The SMILES string of the molecule is O=C(CC1Cc2ccccc21)c1cncnc1. The van der Waals surface area contributed by atoms with Gasteiger partial charge in [0, 0.05) is 18.8 Å². The largest absolute Gasteiger partial charge is 0.294 e. The molecule has 0 N–H and O–H groups in total. The molecule has 1 unspecified atom stereocenters. The lowest BCUT2D eigenvalue weighted by Gasteiger charge is -2.29. The number of Topliss-reactive ketones (excluding diaryl/α,β-unsaturated/α-hetero) is 1. The van der Waals surface area contributed by atoms with E-state index in [9.17, 15) is 4.79 Å². The highest BCUT2D eigenvalue weighted by Gasteiger charge is 2.27. The fourth-order valence-corrected chi connectivity index (χ4v) is 2.33. The number of benzene rings is 1. The van der Waals surface area contributed by atoms with Gasteiger partial charge in [0.15, 0.2) is 5.78 Å². The predicted molar refractivity (Wildman–Crippen MR) is 63.9 cm³/mol. The first-order valence-electron chi connectivity index (χ1n) is 5.70. The Labute approximate surface area is 99.5 Å². The zero-order valence-corrected chi connectivity index (χ0v) is 9.34. The van der Waals surface area contributed by atoms with E-state index in [0.717, 1.165) is 6.42 Å². The molecule has 1 aliphatic carbocycles. The Balaban J connectivity index is 1.73. The van der Waals surface area contributed by atoms with Crippen LogP contribution in [0.15, 0.2) is 43.0 Å². The average molecular weight is 224 g/mol. The van der Waals surface area contributed by atoms with Crippen LogP contribution >= 0.6 is 0 Å². The van der Waals surface area contributed by atoms with Gasteiger partial charge in [0.05, 0.1) is 5.56 Å². The number of ketones is 1. The molecule has 1 heterocycles. The van der Waals surface area contributed by atoms with E-state index >= 15 is 0 Å². The molecule has 1 aromatic carbocycles. The van der Waals surface area contributed by atoms with Crippen LogP contribution in [0.25, 0.3) is 0 Å². The Hall–Kier alpha value is -2.03. The lowest BCUT2D eigenvalue weighted by atomic mass is 9.75. The molecule has 0 spiro atoms. The van der Waals surface area contributed by atoms with Crippen molar-refractivity contribution in [3.8, 4) is 0 Å². The van der Waals surface area contributed by atoms with Crippen LogP contribution in [-0.4, -0.2) is 15.8 Å². The number of rotatable bonds is 3. The molecule has 3 rings (SSSR count). The molecule has 0 aliphatic heterocycles. The maximum absolute atomic E-state index is 12.0. The molecular weight excluding hydrogens is 212 g/mol. The number of aromatic nitrogens is 2. The highest BCUT2D eigenvalue weighted by Crippen LogP contribution is 2.37. The zero-order chi connectivity index (χ0) is 11.7. The zero-order valence-electron chi connectivity index (χ0n) is 9.34. The van der Waals surface area contributed by atoms with E-state index in [-0.39, 0.29) is 5.78 Å². The summed E-state index contributed by atoms with van der Waals surface area (Å²) in [5, 5.41) is 0. The van der Waals surface area contributed by atoms with E-state index in [1.165, 1.54) is 17.5 Å². The molecule has 3 nitrogen and oxygen atoms in total. The maximum Gasteiger partial charge on any atom is 0.166 e. The highest BCUT2D eigenvalue weighted by atomic mass is 16.1. The quantitative estimate of drug-likeness (QED) is 0.752. The van der Waals surface area contributed by atoms with Crippen LogP contribution < -0.4 is 0 Å². The molecular formula is C14H12N2O. The number of carbonyl (C=O) groups is 1. The predicted octanol–water partition coefficient (Wildman–Crippen LogP) is 2.39. The van der Waals surface area contributed by atoms with Gasteiger partial charge in [0.25, 0.3) is 0 Å². The molecule has 17 heavy (non-hydrogen) atoms. The lowest BCUT2D eigenvalue weighted by Crippen LogP contribution is -2.20. The second-order valence-corrected chi connectivity index (χ2v) is 4.35. The van der Waals surface area contributed by atoms with Crippen molar-refractivity contribution >= 4 is 5.78 Å². The summed E-state index contributed by atoms with van der Waals surface area (Å²) >= 11 is 0. The van der Waals surface area contributed by atoms with Crippen LogP contribution in [-0.2, 0) is 6.42 Å². The van der Waals surface area contributed by atoms with Crippen molar-refractivity contribution in [3.05, 3.63) is 59.7 Å². The molecule has 0 saturated carbocycles. The minimum Gasteiger partial charge on any atom is -0.294 e. The molecule has 1 aromatic heterocycles. The molecule has 2 aromatic rings. The summed E-state index contributed by atoms with van der Waals surface area (Å²) in [6.45, 7) is 0. The lowest BCUT2D eigenvalue weighted by molar-refractivity contribution is 0.0969. The van der Waals surface area contributed by atoms with Gasteiger partial charge >= 0.3 is 0 Å². The monoisotopic (exact) mass is 224 g/mol. The number of hydrogen-bond donors (Lipinski definition) is 0. The summed E-state index contributed by atoms with van der Waals surface area (Å²) in [6.07, 6.45) is 6.18. The number of carbonyl (C=O) groups excluding carboxylic acids is 1. The average Bonchev–Trinajstić information content (AvgIpc) is 2.37. The third kappa shape index (κ3) is 1.84. The third-order valence-corrected chi connectivity index (χ3v) is 3.28. The van der Waals surface area contributed by atoms with Gasteiger partial charge in [0.1, 0.15) is 6.33 Å². The van der Waals surface area contributed by atoms with Gasteiger partial charge in [-0.2, -0.15) is 0 Å². The van der Waals surface area contributed by atoms with E-state index < -0.39 is 0 Å². The Bertz CT molecular complexity index is 551. The van der Waals surface area contributed by atoms with Gasteiger partial charge in [-0.25, -0.2) is 9.97 Å². The molecule has 84 valence electrons. The number of fused-ring (bicyclic) bond motifs is 1. The molecule has 0 bridgehead atoms. The second kappa shape index (κ2) is 4.09. The van der Waals surface area contributed by atoms with E-state index in [4.69, 9.17) is 0 Å². The molecule has 3 heteroatoms. The smallest absolute Gasteiger partial charge is 0.166 e.